The van der Waals surface area contributed by atoms with Gasteiger partial charge in [-0.25, -0.2) is 0 Å². The van der Waals surface area contributed by atoms with Crippen LogP contribution in [0.3, 0.4) is 0 Å². The highest BCUT2D eigenvalue weighted by Gasteiger charge is 2.16. The summed E-state index contributed by atoms with van der Waals surface area (Å²) in [5.41, 5.74) is 2.64. The molecule has 4 heteroatoms. The molecular formula is C18H15NO3. The zero-order valence-corrected chi connectivity index (χ0v) is 12.1. The van der Waals surface area contributed by atoms with Crippen LogP contribution in [0.1, 0.15) is 5.56 Å². The molecule has 0 saturated carbocycles. The minimum absolute atomic E-state index is 0.0592. The number of aromatic nitrogens is 1. The highest BCUT2D eigenvalue weighted by atomic mass is 16.4. The van der Waals surface area contributed by atoms with Gasteiger partial charge in [0.2, 0.25) is 0 Å². The van der Waals surface area contributed by atoms with Crippen LogP contribution < -0.4 is 5.43 Å². The molecule has 1 N–H and O–H groups in total. The molecule has 0 spiro atoms. The first-order valence-electron chi connectivity index (χ1n) is 6.99. The lowest BCUT2D eigenvalue weighted by Crippen LogP contribution is -2.19. The maximum Gasteiger partial charge on any atom is 0.323 e. The van der Waals surface area contributed by atoms with Crippen molar-refractivity contribution in [3.63, 3.8) is 0 Å². The molecule has 0 unspecified atom stereocenters. The third-order valence-electron chi connectivity index (χ3n) is 3.75. The SMILES string of the molecule is Cc1c(-c2ccccc2)n(CC(=O)O)c2ccccc2c1=O. The van der Waals surface area contributed by atoms with Crippen LogP contribution in [0.25, 0.3) is 22.2 Å². The van der Waals surface area contributed by atoms with Crippen LogP contribution in [0.5, 0.6) is 0 Å². The Hall–Kier alpha value is -2.88. The number of para-hydroxylation sites is 1. The summed E-state index contributed by atoms with van der Waals surface area (Å²) in [6.07, 6.45) is 0. The molecule has 0 fully saturated rings. The first-order chi connectivity index (χ1) is 10.6. The molecule has 1 aromatic heterocycles. The number of fused-ring (bicyclic) bond motifs is 1. The third-order valence-corrected chi connectivity index (χ3v) is 3.75. The highest BCUT2D eigenvalue weighted by Crippen LogP contribution is 2.25. The van der Waals surface area contributed by atoms with E-state index < -0.39 is 5.97 Å². The predicted octanol–water partition coefficient (Wildman–Crippen LogP) is 3.06. The summed E-state index contributed by atoms with van der Waals surface area (Å²) >= 11 is 0. The lowest BCUT2D eigenvalue weighted by Gasteiger charge is -2.18. The summed E-state index contributed by atoms with van der Waals surface area (Å²) in [6, 6.07) is 16.5. The number of aliphatic carboxylic acids is 1. The van der Waals surface area contributed by atoms with Crippen molar-refractivity contribution in [2.24, 2.45) is 0 Å². The second kappa shape index (κ2) is 5.48. The maximum absolute atomic E-state index is 12.6. The van der Waals surface area contributed by atoms with E-state index in [0.29, 0.717) is 22.2 Å². The topological polar surface area (TPSA) is 59.3 Å². The number of benzene rings is 2. The fraction of sp³-hybridized carbons (Fsp3) is 0.111. The van der Waals surface area contributed by atoms with E-state index >= 15 is 0 Å². The number of hydrogen-bond donors (Lipinski definition) is 1. The number of carbonyl (C=O) groups is 1. The summed E-state index contributed by atoms with van der Waals surface area (Å²) in [5, 5.41) is 9.80. The minimum Gasteiger partial charge on any atom is -0.480 e. The van der Waals surface area contributed by atoms with Crippen LogP contribution >= 0.6 is 0 Å². The van der Waals surface area contributed by atoms with Crippen LogP contribution in [0.15, 0.2) is 59.4 Å². The van der Waals surface area contributed by atoms with Crippen molar-refractivity contribution in [3.05, 3.63) is 70.4 Å². The van der Waals surface area contributed by atoms with Gasteiger partial charge in [0.1, 0.15) is 6.54 Å². The summed E-state index contributed by atoms with van der Waals surface area (Å²) in [4.78, 5) is 23.9. The van der Waals surface area contributed by atoms with Crippen molar-refractivity contribution in [3.8, 4) is 11.3 Å². The highest BCUT2D eigenvalue weighted by molar-refractivity contribution is 5.85. The Balaban J connectivity index is 2.46. The van der Waals surface area contributed by atoms with E-state index in [9.17, 15) is 14.7 Å². The Morgan fingerprint density at radius 2 is 1.68 bits per heavy atom. The lowest BCUT2D eigenvalue weighted by atomic mass is 10.0. The van der Waals surface area contributed by atoms with Crippen molar-refractivity contribution in [1.29, 1.82) is 0 Å². The normalized spacial score (nSPS) is 10.8. The molecule has 3 rings (SSSR count). The molecule has 0 aliphatic heterocycles. The predicted molar refractivity (Wildman–Crippen MR) is 86.0 cm³/mol. The van der Waals surface area contributed by atoms with Gasteiger partial charge in [-0.15, -0.1) is 0 Å². The maximum atomic E-state index is 12.6. The number of carboxylic acid groups (broad SMARTS) is 1. The molecule has 0 saturated heterocycles. The average molecular weight is 293 g/mol. The molecule has 0 atom stereocenters. The molecular weight excluding hydrogens is 278 g/mol. The van der Waals surface area contributed by atoms with Crippen molar-refractivity contribution in [2.75, 3.05) is 0 Å². The Bertz CT molecular complexity index is 911. The summed E-state index contributed by atoms with van der Waals surface area (Å²) in [5.74, 6) is -0.939. The van der Waals surface area contributed by atoms with Crippen LogP contribution in [0.4, 0.5) is 0 Å². The van der Waals surface area contributed by atoms with Crippen molar-refractivity contribution >= 4 is 16.9 Å². The van der Waals surface area contributed by atoms with Gasteiger partial charge in [-0.2, -0.15) is 0 Å². The fourth-order valence-corrected chi connectivity index (χ4v) is 2.80. The molecule has 2 aromatic carbocycles. The smallest absolute Gasteiger partial charge is 0.323 e. The van der Waals surface area contributed by atoms with Crippen LogP contribution in [0.2, 0.25) is 0 Å². The molecule has 4 nitrogen and oxygen atoms in total. The lowest BCUT2D eigenvalue weighted by molar-refractivity contribution is -0.137. The first kappa shape index (κ1) is 14.1. The Morgan fingerprint density at radius 1 is 1.05 bits per heavy atom. The third kappa shape index (κ3) is 2.29. The van der Waals surface area contributed by atoms with Gasteiger partial charge in [-0.1, -0.05) is 42.5 Å². The van der Waals surface area contributed by atoms with E-state index in [1.54, 1.807) is 29.7 Å². The summed E-state index contributed by atoms with van der Waals surface area (Å²) in [6.45, 7) is 1.56. The summed E-state index contributed by atoms with van der Waals surface area (Å²) in [7, 11) is 0. The van der Waals surface area contributed by atoms with Crippen molar-refractivity contribution < 1.29 is 9.90 Å². The van der Waals surface area contributed by atoms with E-state index in [0.717, 1.165) is 5.56 Å². The zero-order chi connectivity index (χ0) is 15.7. The van der Waals surface area contributed by atoms with Crippen LogP contribution in [-0.4, -0.2) is 15.6 Å². The van der Waals surface area contributed by atoms with Gasteiger partial charge in [0.05, 0.1) is 11.2 Å². The van der Waals surface area contributed by atoms with E-state index in [2.05, 4.69) is 0 Å². The standard InChI is InChI=1S/C18H15NO3/c1-12-17(13-7-3-2-4-8-13)19(11-16(20)21)15-10-6-5-9-14(15)18(12)22/h2-10H,11H2,1H3,(H,20,21). The van der Waals surface area contributed by atoms with Gasteiger partial charge in [0.15, 0.2) is 5.43 Å². The van der Waals surface area contributed by atoms with Crippen LogP contribution in [-0.2, 0) is 11.3 Å². The number of pyridine rings is 1. The Labute approximate surface area is 127 Å². The number of rotatable bonds is 3. The molecule has 0 amide bonds. The van der Waals surface area contributed by atoms with Gasteiger partial charge in [0, 0.05) is 10.9 Å². The second-order valence-electron chi connectivity index (χ2n) is 5.17. The zero-order valence-electron chi connectivity index (χ0n) is 12.1. The molecule has 0 aliphatic carbocycles. The van der Waals surface area contributed by atoms with E-state index in [-0.39, 0.29) is 12.0 Å². The van der Waals surface area contributed by atoms with E-state index in [1.165, 1.54) is 0 Å². The van der Waals surface area contributed by atoms with Gasteiger partial charge < -0.3 is 9.67 Å². The number of hydrogen-bond acceptors (Lipinski definition) is 2. The van der Waals surface area contributed by atoms with Gasteiger partial charge in [-0.05, 0) is 24.6 Å². The second-order valence-corrected chi connectivity index (χ2v) is 5.17. The molecule has 0 aliphatic rings. The Morgan fingerprint density at radius 3 is 2.36 bits per heavy atom. The average Bonchev–Trinajstić information content (AvgIpc) is 2.53. The summed E-state index contributed by atoms with van der Waals surface area (Å²) < 4.78 is 1.70. The Kier molecular flexibility index (Phi) is 3.51. The van der Waals surface area contributed by atoms with Crippen LogP contribution in [0, 0.1) is 6.92 Å². The van der Waals surface area contributed by atoms with Gasteiger partial charge in [0.25, 0.3) is 0 Å². The largest absolute Gasteiger partial charge is 0.480 e. The van der Waals surface area contributed by atoms with Crippen molar-refractivity contribution in [2.45, 2.75) is 13.5 Å². The van der Waals surface area contributed by atoms with Crippen molar-refractivity contribution in [1.82, 2.24) is 4.57 Å². The van der Waals surface area contributed by atoms with E-state index in [4.69, 9.17) is 0 Å². The first-order valence-corrected chi connectivity index (χ1v) is 6.99. The fourth-order valence-electron chi connectivity index (χ4n) is 2.80. The monoisotopic (exact) mass is 293 g/mol. The van der Waals surface area contributed by atoms with Gasteiger partial charge >= 0.3 is 5.97 Å². The van der Waals surface area contributed by atoms with Gasteiger partial charge in [-0.3, -0.25) is 9.59 Å². The molecule has 0 bridgehead atoms. The number of carboxylic acids is 1. The molecule has 3 aromatic rings. The molecule has 0 radical (unpaired) electrons. The molecule has 110 valence electrons. The quantitative estimate of drug-likeness (QED) is 0.807. The minimum atomic E-state index is -0.939. The molecule has 22 heavy (non-hydrogen) atoms. The molecule has 1 heterocycles. The number of nitrogens with zero attached hydrogens (tertiary/aromatic N) is 1. The van der Waals surface area contributed by atoms with E-state index in [1.807, 2.05) is 36.4 Å².